The van der Waals surface area contributed by atoms with Crippen LogP contribution in [0.25, 0.3) is 0 Å². The van der Waals surface area contributed by atoms with Gasteiger partial charge in [-0.05, 0) is 13.0 Å². The third-order valence-electron chi connectivity index (χ3n) is 2.97. The standard InChI is InChI=1S/C12H16N2O2/c1-9-12(16)13-6-7-14(9)11-5-3-2-4-10(11)8-15/h2-5,9,15H,6-8H2,1H3,(H,13,16). The molecule has 0 radical (unpaired) electrons. The average Bonchev–Trinajstić information content (AvgIpc) is 2.33. The molecular formula is C12H16N2O2. The van der Waals surface area contributed by atoms with Gasteiger partial charge in [0, 0.05) is 24.3 Å². The summed E-state index contributed by atoms with van der Waals surface area (Å²) in [6, 6.07) is 7.47. The molecule has 1 aromatic rings. The van der Waals surface area contributed by atoms with Gasteiger partial charge in [0.1, 0.15) is 6.04 Å². The van der Waals surface area contributed by atoms with Gasteiger partial charge in [0.05, 0.1) is 6.61 Å². The molecule has 1 unspecified atom stereocenters. The number of carbonyl (C=O) groups is 1. The number of para-hydroxylation sites is 1. The molecule has 4 heteroatoms. The highest BCUT2D eigenvalue weighted by Gasteiger charge is 2.26. The Morgan fingerprint density at radius 2 is 2.25 bits per heavy atom. The highest BCUT2D eigenvalue weighted by Crippen LogP contribution is 2.23. The Hall–Kier alpha value is -1.55. The van der Waals surface area contributed by atoms with Gasteiger partial charge in [0.25, 0.3) is 0 Å². The van der Waals surface area contributed by atoms with E-state index in [1.807, 2.05) is 36.1 Å². The highest BCUT2D eigenvalue weighted by molar-refractivity contribution is 5.86. The second-order valence-electron chi connectivity index (χ2n) is 3.95. The lowest BCUT2D eigenvalue weighted by Crippen LogP contribution is -2.54. The highest BCUT2D eigenvalue weighted by atomic mass is 16.3. The van der Waals surface area contributed by atoms with E-state index >= 15 is 0 Å². The van der Waals surface area contributed by atoms with E-state index in [4.69, 9.17) is 0 Å². The van der Waals surface area contributed by atoms with Crippen LogP contribution < -0.4 is 10.2 Å². The van der Waals surface area contributed by atoms with Gasteiger partial charge in [-0.3, -0.25) is 4.79 Å². The molecule has 1 aromatic carbocycles. The molecule has 0 spiro atoms. The van der Waals surface area contributed by atoms with E-state index in [1.54, 1.807) is 0 Å². The molecule has 16 heavy (non-hydrogen) atoms. The fourth-order valence-corrected chi connectivity index (χ4v) is 2.04. The summed E-state index contributed by atoms with van der Waals surface area (Å²) in [6.45, 7) is 3.32. The fourth-order valence-electron chi connectivity index (χ4n) is 2.04. The number of rotatable bonds is 2. The van der Waals surface area contributed by atoms with Crippen LogP contribution in [0, 0.1) is 0 Å². The van der Waals surface area contributed by atoms with Crippen LogP contribution in [0.3, 0.4) is 0 Å². The Balaban J connectivity index is 2.32. The van der Waals surface area contributed by atoms with Crippen LogP contribution in [0.15, 0.2) is 24.3 Å². The molecule has 1 atom stereocenters. The summed E-state index contributed by atoms with van der Waals surface area (Å²) >= 11 is 0. The lowest BCUT2D eigenvalue weighted by Gasteiger charge is -2.35. The van der Waals surface area contributed by atoms with E-state index in [9.17, 15) is 9.90 Å². The van der Waals surface area contributed by atoms with Crippen LogP contribution in [0.4, 0.5) is 5.69 Å². The van der Waals surface area contributed by atoms with Crippen LogP contribution in [0.5, 0.6) is 0 Å². The monoisotopic (exact) mass is 220 g/mol. The predicted molar refractivity (Wildman–Crippen MR) is 62.2 cm³/mol. The molecule has 1 saturated heterocycles. The van der Waals surface area contributed by atoms with Crippen molar-refractivity contribution in [1.82, 2.24) is 5.32 Å². The molecule has 2 N–H and O–H groups in total. The molecule has 2 rings (SSSR count). The van der Waals surface area contributed by atoms with Crippen molar-refractivity contribution in [2.24, 2.45) is 0 Å². The summed E-state index contributed by atoms with van der Waals surface area (Å²) in [5, 5.41) is 12.1. The molecule has 1 aliphatic rings. The lowest BCUT2D eigenvalue weighted by molar-refractivity contribution is -0.122. The first kappa shape index (κ1) is 11.0. The first-order valence-corrected chi connectivity index (χ1v) is 5.47. The summed E-state index contributed by atoms with van der Waals surface area (Å²) in [5.41, 5.74) is 1.82. The quantitative estimate of drug-likeness (QED) is 0.763. The Morgan fingerprint density at radius 3 is 3.00 bits per heavy atom. The molecule has 1 aliphatic heterocycles. The number of nitrogens with one attached hydrogen (secondary N) is 1. The predicted octanol–water partition coefficient (Wildman–Crippen LogP) is 0.504. The second-order valence-corrected chi connectivity index (χ2v) is 3.95. The van der Waals surface area contributed by atoms with E-state index in [1.165, 1.54) is 0 Å². The van der Waals surface area contributed by atoms with Gasteiger partial charge >= 0.3 is 0 Å². The van der Waals surface area contributed by atoms with Crippen LogP contribution in [0.2, 0.25) is 0 Å². The van der Waals surface area contributed by atoms with Gasteiger partial charge in [0.15, 0.2) is 0 Å². The van der Waals surface area contributed by atoms with Crippen molar-refractivity contribution >= 4 is 11.6 Å². The molecule has 1 heterocycles. The molecule has 0 saturated carbocycles. The van der Waals surface area contributed by atoms with Crippen molar-refractivity contribution in [2.75, 3.05) is 18.0 Å². The maximum atomic E-state index is 11.6. The normalized spacial score (nSPS) is 20.8. The van der Waals surface area contributed by atoms with E-state index < -0.39 is 0 Å². The number of aliphatic hydroxyl groups excluding tert-OH is 1. The Kier molecular flexibility index (Phi) is 3.10. The van der Waals surface area contributed by atoms with E-state index in [0.717, 1.165) is 17.8 Å². The SMILES string of the molecule is CC1C(=O)NCCN1c1ccccc1CO. The van der Waals surface area contributed by atoms with Gasteiger partial charge in [-0.25, -0.2) is 0 Å². The number of benzene rings is 1. The second kappa shape index (κ2) is 4.53. The van der Waals surface area contributed by atoms with Gasteiger partial charge in [-0.1, -0.05) is 18.2 Å². The maximum Gasteiger partial charge on any atom is 0.242 e. The van der Waals surface area contributed by atoms with Gasteiger partial charge < -0.3 is 15.3 Å². The third-order valence-corrected chi connectivity index (χ3v) is 2.97. The van der Waals surface area contributed by atoms with Gasteiger partial charge in [0.2, 0.25) is 5.91 Å². The Bertz CT molecular complexity index is 392. The van der Waals surface area contributed by atoms with E-state index in [-0.39, 0.29) is 18.6 Å². The molecule has 0 aliphatic carbocycles. The zero-order valence-electron chi connectivity index (χ0n) is 9.31. The van der Waals surface area contributed by atoms with Crippen molar-refractivity contribution in [3.05, 3.63) is 29.8 Å². The number of carbonyl (C=O) groups excluding carboxylic acids is 1. The number of amides is 1. The van der Waals surface area contributed by atoms with Crippen molar-refractivity contribution in [1.29, 1.82) is 0 Å². The van der Waals surface area contributed by atoms with Crippen LogP contribution in [0.1, 0.15) is 12.5 Å². The van der Waals surface area contributed by atoms with Crippen molar-refractivity contribution in [3.8, 4) is 0 Å². The number of nitrogens with zero attached hydrogens (tertiary/aromatic N) is 1. The zero-order chi connectivity index (χ0) is 11.5. The third kappa shape index (κ3) is 1.88. The molecule has 1 fully saturated rings. The van der Waals surface area contributed by atoms with Crippen molar-refractivity contribution in [2.45, 2.75) is 19.6 Å². The fraction of sp³-hybridized carbons (Fsp3) is 0.417. The lowest BCUT2D eigenvalue weighted by atomic mass is 10.1. The summed E-state index contributed by atoms with van der Waals surface area (Å²) in [6.07, 6.45) is 0. The number of anilines is 1. The van der Waals surface area contributed by atoms with Crippen LogP contribution in [-0.4, -0.2) is 30.1 Å². The molecule has 0 bridgehead atoms. The molecule has 0 aromatic heterocycles. The number of piperazine rings is 1. The van der Waals surface area contributed by atoms with Crippen molar-refractivity contribution < 1.29 is 9.90 Å². The Morgan fingerprint density at radius 1 is 1.50 bits per heavy atom. The maximum absolute atomic E-state index is 11.6. The van der Waals surface area contributed by atoms with Gasteiger partial charge in [-0.15, -0.1) is 0 Å². The van der Waals surface area contributed by atoms with Crippen molar-refractivity contribution in [3.63, 3.8) is 0 Å². The minimum Gasteiger partial charge on any atom is -0.392 e. The first-order valence-electron chi connectivity index (χ1n) is 5.47. The summed E-state index contributed by atoms with van der Waals surface area (Å²) in [4.78, 5) is 13.6. The molecule has 4 nitrogen and oxygen atoms in total. The Labute approximate surface area is 94.9 Å². The van der Waals surface area contributed by atoms with Crippen LogP contribution in [-0.2, 0) is 11.4 Å². The number of aliphatic hydroxyl groups is 1. The average molecular weight is 220 g/mol. The molecule has 1 amide bonds. The number of hydrogen-bond acceptors (Lipinski definition) is 3. The van der Waals surface area contributed by atoms with Gasteiger partial charge in [-0.2, -0.15) is 0 Å². The zero-order valence-corrected chi connectivity index (χ0v) is 9.31. The minimum atomic E-state index is -0.179. The van der Waals surface area contributed by atoms with Crippen LogP contribution >= 0.6 is 0 Å². The smallest absolute Gasteiger partial charge is 0.242 e. The minimum absolute atomic E-state index is 0.00100. The van der Waals surface area contributed by atoms with E-state index in [0.29, 0.717) is 6.54 Å². The number of hydrogen-bond donors (Lipinski definition) is 2. The summed E-state index contributed by atoms with van der Waals surface area (Å²) in [5.74, 6) is 0.0407. The summed E-state index contributed by atoms with van der Waals surface area (Å²) < 4.78 is 0. The molecule has 86 valence electrons. The topological polar surface area (TPSA) is 52.6 Å². The van der Waals surface area contributed by atoms with E-state index in [2.05, 4.69) is 5.32 Å². The summed E-state index contributed by atoms with van der Waals surface area (Å²) in [7, 11) is 0. The molecular weight excluding hydrogens is 204 g/mol. The largest absolute Gasteiger partial charge is 0.392 e. The first-order chi connectivity index (χ1) is 7.74.